The van der Waals surface area contributed by atoms with E-state index < -0.39 is 18.5 Å². The van der Waals surface area contributed by atoms with E-state index in [9.17, 15) is 14.4 Å². The van der Waals surface area contributed by atoms with Crippen LogP contribution in [0.2, 0.25) is 0 Å². The van der Waals surface area contributed by atoms with Gasteiger partial charge in [-0.2, -0.15) is 0 Å². The highest BCUT2D eigenvalue weighted by Crippen LogP contribution is 2.32. The second-order valence-electron chi connectivity index (χ2n) is 6.88. The Hall–Kier alpha value is -2.57. The summed E-state index contributed by atoms with van der Waals surface area (Å²) >= 11 is 0. The molecule has 2 N–H and O–H groups in total. The summed E-state index contributed by atoms with van der Waals surface area (Å²) in [6, 6.07) is 2.61. The van der Waals surface area contributed by atoms with Gasteiger partial charge in [0.2, 0.25) is 5.91 Å². The number of ether oxygens (including phenoxy) is 1. The molecule has 0 saturated heterocycles. The van der Waals surface area contributed by atoms with Gasteiger partial charge in [0.05, 0.1) is 6.54 Å². The lowest BCUT2D eigenvalue weighted by Gasteiger charge is -2.26. The summed E-state index contributed by atoms with van der Waals surface area (Å²) in [5.41, 5.74) is 3.33. The largest absolute Gasteiger partial charge is 0.452 e. The lowest BCUT2D eigenvalue weighted by Crippen LogP contribution is -2.37. The van der Waals surface area contributed by atoms with Crippen LogP contribution in [0.4, 0.5) is 0 Å². The van der Waals surface area contributed by atoms with Gasteiger partial charge in [0.25, 0.3) is 5.91 Å². The Bertz CT molecular complexity index is 715. The molecule has 148 valence electrons. The standard InChI is InChI=1S/C20H29N3O4/c1-14-11-16(15(2)23(14)17-7-5-4-6-8-17)9-10-20(26)27-13-19(25)22-12-18(24)21-3/h9-11,17H,4-8,12-13H2,1-3H3,(H,21,24)(H,22,25)/b10-9+. The highest BCUT2D eigenvalue weighted by Gasteiger charge is 2.19. The SMILES string of the molecule is CNC(=O)CNC(=O)COC(=O)/C=C/c1cc(C)n(C2CCCCC2)c1C. The second kappa shape index (κ2) is 9.94. The molecule has 0 atom stereocenters. The van der Waals surface area contributed by atoms with Gasteiger partial charge in [-0.05, 0) is 44.4 Å². The van der Waals surface area contributed by atoms with Crippen molar-refractivity contribution in [1.82, 2.24) is 15.2 Å². The van der Waals surface area contributed by atoms with Crippen LogP contribution in [0.25, 0.3) is 6.08 Å². The molecule has 0 aliphatic heterocycles. The van der Waals surface area contributed by atoms with Crippen molar-refractivity contribution in [3.05, 3.63) is 29.1 Å². The number of likely N-dealkylation sites (N-methyl/N-ethyl adjacent to an activating group) is 1. The first-order valence-electron chi connectivity index (χ1n) is 9.43. The van der Waals surface area contributed by atoms with Crippen molar-refractivity contribution in [2.24, 2.45) is 0 Å². The van der Waals surface area contributed by atoms with Crippen molar-refractivity contribution in [2.45, 2.75) is 52.0 Å². The highest BCUT2D eigenvalue weighted by atomic mass is 16.5. The van der Waals surface area contributed by atoms with Crippen molar-refractivity contribution in [1.29, 1.82) is 0 Å². The second-order valence-corrected chi connectivity index (χ2v) is 6.88. The molecular formula is C20H29N3O4. The molecule has 7 nitrogen and oxygen atoms in total. The zero-order chi connectivity index (χ0) is 19.8. The molecule has 1 fully saturated rings. The van der Waals surface area contributed by atoms with Gasteiger partial charge in [-0.1, -0.05) is 19.3 Å². The van der Waals surface area contributed by atoms with Crippen LogP contribution >= 0.6 is 0 Å². The third kappa shape index (κ3) is 5.98. The molecule has 1 aliphatic rings. The monoisotopic (exact) mass is 375 g/mol. The first-order chi connectivity index (χ1) is 12.9. The predicted octanol–water partition coefficient (Wildman–Crippen LogP) is 2.03. The molecule has 27 heavy (non-hydrogen) atoms. The number of hydrogen-bond acceptors (Lipinski definition) is 4. The zero-order valence-corrected chi connectivity index (χ0v) is 16.3. The predicted molar refractivity (Wildman–Crippen MR) is 103 cm³/mol. The summed E-state index contributed by atoms with van der Waals surface area (Å²) in [7, 11) is 1.48. The van der Waals surface area contributed by atoms with Gasteiger partial charge in [0, 0.05) is 30.6 Å². The van der Waals surface area contributed by atoms with Crippen LogP contribution in [-0.2, 0) is 19.1 Å². The molecule has 1 aliphatic carbocycles. The van der Waals surface area contributed by atoms with Gasteiger partial charge in [-0.15, -0.1) is 0 Å². The van der Waals surface area contributed by atoms with E-state index in [0.29, 0.717) is 6.04 Å². The fraction of sp³-hybridized carbons (Fsp3) is 0.550. The van der Waals surface area contributed by atoms with Crippen molar-refractivity contribution in [2.75, 3.05) is 20.2 Å². The fourth-order valence-electron chi connectivity index (χ4n) is 3.53. The Morgan fingerprint density at radius 1 is 1.19 bits per heavy atom. The summed E-state index contributed by atoms with van der Waals surface area (Å²) in [6.07, 6.45) is 9.30. The quantitative estimate of drug-likeness (QED) is 0.564. The molecule has 0 spiro atoms. The molecule has 2 rings (SSSR count). The third-order valence-electron chi connectivity index (χ3n) is 4.93. The number of nitrogens with one attached hydrogen (secondary N) is 2. The summed E-state index contributed by atoms with van der Waals surface area (Å²) in [5, 5.41) is 4.75. The van der Waals surface area contributed by atoms with E-state index in [0.717, 1.165) is 11.3 Å². The lowest BCUT2D eigenvalue weighted by molar-refractivity contribution is -0.143. The fourth-order valence-corrected chi connectivity index (χ4v) is 3.53. The van der Waals surface area contributed by atoms with Gasteiger partial charge in [0.15, 0.2) is 6.61 Å². The highest BCUT2D eigenvalue weighted by molar-refractivity contribution is 5.90. The van der Waals surface area contributed by atoms with Crippen LogP contribution in [0, 0.1) is 13.8 Å². The third-order valence-corrected chi connectivity index (χ3v) is 4.93. The van der Waals surface area contributed by atoms with E-state index in [2.05, 4.69) is 35.1 Å². The number of hydrogen-bond donors (Lipinski definition) is 2. The van der Waals surface area contributed by atoms with E-state index in [1.807, 2.05) is 0 Å². The van der Waals surface area contributed by atoms with Crippen molar-refractivity contribution in [3.63, 3.8) is 0 Å². The average Bonchev–Trinajstić information content (AvgIpc) is 2.96. The topological polar surface area (TPSA) is 89.4 Å². The number of aryl methyl sites for hydroxylation is 1. The van der Waals surface area contributed by atoms with Gasteiger partial charge in [-0.25, -0.2) is 4.79 Å². The van der Waals surface area contributed by atoms with E-state index in [1.54, 1.807) is 6.08 Å². The molecule has 1 heterocycles. The molecule has 1 aromatic heterocycles. The van der Waals surface area contributed by atoms with E-state index in [1.165, 1.54) is 50.9 Å². The molecule has 0 radical (unpaired) electrons. The maximum atomic E-state index is 11.8. The summed E-state index contributed by atoms with van der Waals surface area (Å²) in [6.45, 7) is 3.60. The molecule has 2 amide bonds. The maximum Gasteiger partial charge on any atom is 0.331 e. The molecule has 7 heteroatoms. The first-order valence-corrected chi connectivity index (χ1v) is 9.43. The molecular weight excluding hydrogens is 346 g/mol. The number of amides is 2. The average molecular weight is 375 g/mol. The minimum atomic E-state index is -0.590. The molecule has 1 aromatic rings. The minimum Gasteiger partial charge on any atom is -0.452 e. The number of nitrogens with zero attached hydrogens (tertiary/aromatic N) is 1. The van der Waals surface area contributed by atoms with E-state index in [-0.39, 0.29) is 12.5 Å². The number of rotatable bonds is 7. The summed E-state index contributed by atoms with van der Waals surface area (Å²) in [5.74, 6) is -1.42. The van der Waals surface area contributed by atoms with Crippen molar-refractivity contribution >= 4 is 23.9 Å². The molecule has 0 bridgehead atoms. The van der Waals surface area contributed by atoms with E-state index >= 15 is 0 Å². The smallest absolute Gasteiger partial charge is 0.331 e. The summed E-state index contributed by atoms with van der Waals surface area (Å²) in [4.78, 5) is 34.4. The lowest BCUT2D eigenvalue weighted by atomic mass is 9.95. The van der Waals surface area contributed by atoms with Crippen LogP contribution < -0.4 is 10.6 Å². The van der Waals surface area contributed by atoms with Crippen LogP contribution in [-0.4, -0.2) is 42.6 Å². The number of carbonyl (C=O) groups is 3. The van der Waals surface area contributed by atoms with Crippen LogP contribution in [0.15, 0.2) is 12.1 Å². The molecule has 0 aromatic carbocycles. The first kappa shape index (κ1) is 20.7. The van der Waals surface area contributed by atoms with Gasteiger partial charge in [0.1, 0.15) is 0 Å². The number of esters is 1. The van der Waals surface area contributed by atoms with Crippen LogP contribution in [0.5, 0.6) is 0 Å². The Morgan fingerprint density at radius 2 is 1.89 bits per heavy atom. The number of aromatic nitrogens is 1. The zero-order valence-electron chi connectivity index (χ0n) is 16.3. The van der Waals surface area contributed by atoms with Gasteiger partial charge in [-0.3, -0.25) is 9.59 Å². The normalized spacial score (nSPS) is 14.9. The van der Waals surface area contributed by atoms with Crippen LogP contribution in [0.3, 0.4) is 0 Å². The van der Waals surface area contributed by atoms with E-state index in [4.69, 9.17) is 4.74 Å². The number of carbonyl (C=O) groups excluding carboxylic acids is 3. The Balaban J connectivity index is 1.88. The van der Waals surface area contributed by atoms with Gasteiger partial charge < -0.3 is 19.9 Å². The maximum absolute atomic E-state index is 11.8. The Morgan fingerprint density at radius 3 is 2.56 bits per heavy atom. The van der Waals surface area contributed by atoms with Crippen LogP contribution in [0.1, 0.15) is 55.1 Å². The van der Waals surface area contributed by atoms with Crippen molar-refractivity contribution < 1.29 is 19.1 Å². The molecule has 0 unspecified atom stereocenters. The summed E-state index contributed by atoms with van der Waals surface area (Å²) < 4.78 is 7.28. The van der Waals surface area contributed by atoms with Crippen molar-refractivity contribution in [3.8, 4) is 0 Å². The Kier molecular flexibility index (Phi) is 7.64. The minimum absolute atomic E-state index is 0.143. The van der Waals surface area contributed by atoms with Gasteiger partial charge >= 0.3 is 5.97 Å². The Labute approximate surface area is 160 Å². The molecule has 1 saturated carbocycles.